The molecule has 1 rings (SSSR count). The second-order valence-electron chi connectivity index (χ2n) is 4.72. The number of halogens is 2. The van der Waals surface area contributed by atoms with E-state index in [4.69, 9.17) is 5.73 Å². The highest BCUT2D eigenvalue weighted by molar-refractivity contribution is 5.18. The lowest BCUT2D eigenvalue weighted by molar-refractivity contribution is 0.344. The van der Waals surface area contributed by atoms with Gasteiger partial charge in [-0.2, -0.15) is 0 Å². The average molecular weight is 227 g/mol. The van der Waals surface area contributed by atoms with Crippen LogP contribution in [0.4, 0.5) is 8.78 Å². The van der Waals surface area contributed by atoms with Gasteiger partial charge in [-0.1, -0.05) is 26.8 Å². The number of benzene rings is 1. The summed E-state index contributed by atoms with van der Waals surface area (Å²) in [4.78, 5) is 0. The van der Waals surface area contributed by atoms with Crippen molar-refractivity contribution in [3.63, 3.8) is 0 Å². The lowest BCUT2D eigenvalue weighted by Gasteiger charge is -2.23. The molecule has 2 atom stereocenters. The second kappa shape index (κ2) is 5.39. The van der Waals surface area contributed by atoms with E-state index >= 15 is 0 Å². The van der Waals surface area contributed by atoms with Gasteiger partial charge in [-0.3, -0.25) is 0 Å². The highest BCUT2D eigenvalue weighted by atomic mass is 19.2. The molecular weight excluding hydrogens is 208 g/mol. The van der Waals surface area contributed by atoms with E-state index in [-0.39, 0.29) is 6.04 Å². The van der Waals surface area contributed by atoms with Crippen LogP contribution in [0.5, 0.6) is 0 Å². The fraction of sp³-hybridized carbons (Fsp3) is 0.538. The molecule has 2 N–H and O–H groups in total. The van der Waals surface area contributed by atoms with Gasteiger partial charge in [0.2, 0.25) is 0 Å². The molecule has 0 bridgehead atoms. The topological polar surface area (TPSA) is 26.0 Å². The van der Waals surface area contributed by atoms with Crippen LogP contribution in [-0.4, -0.2) is 6.04 Å². The molecule has 90 valence electrons. The van der Waals surface area contributed by atoms with Crippen molar-refractivity contribution in [1.29, 1.82) is 0 Å². The fourth-order valence-corrected chi connectivity index (χ4v) is 1.62. The van der Waals surface area contributed by atoms with Crippen molar-refractivity contribution in [2.75, 3.05) is 0 Å². The van der Waals surface area contributed by atoms with Crippen LogP contribution in [0.1, 0.15) is 26.3 Å². The normalized spacial score (nSPS) is 15.2. The van der Waals surface area contributed by atoms with E-state index in [2.05, 4.69) is 20.8 Å². The van der Waals surface area contributed by atoms with Crippen LogP contribution in [0.25, 0.3) is 0 Å². The maximum Gasteiger partial charge on any atom is 0.159 e. The summed E-state index contributed by atoms with van der Waals surface area (Å²) in [5, 5.41) is 0. The molecule has 3 heteroatoms. The third kappa shape index (κ3) is 3.27. The molecule has 1 nitrogen and oxygen atoms in total. The van der Waals surface area contributed by atoms with Gasteiger partial charge in [0.25, 0.3) is 0 Å². The number of rotatable bonds is 4. The van der Waals surface area contributed by atoms with Gasteiger partial charge >= 0.3 is 0 Å². The van der Waals surface area contributed by atoms with Crippen molar-refractivity contribution >= 4 is 0 Å². The minimum absolute atomic E-state index is 0.0233. The summed E-state index contributed by atoms with van der Waals surface area (Å²) in [5.41, 5.74) is 6.77. The van der Waals surface area contributed by atoms with Crippen molar-refractivity contribution in [3.05, 3.63) is 35.4 Å². The zero-order valence-electron chi connectivity index (χ0n) is 10.0. The molecule has 0 aliphatic heterocycles. The van der Waals surface area contributed by atoms with E-state index in [1.165, 1.54) is 6.07 Å². The van der Waals surface area contributed by atoms with Gasteiger partial charge in [-0.25, -0.2) is 8.78 Å². The molecule has 1 aromatic rings. The van der Waals surface area contributed by atoms with Crippen LogP contribution < -0.4 is 5.73 Å². The minimum Gasteiger partial charge on any atom is -0.327 e. The number of nitrogens with two attached hydrogens (primary N) is 1. The monoisotopic (exact) mass is 227 g/mol. The Kier molecular flexibility index (Phi) is 4.42. The molecule has 0 fully saturated rings. The maximum absolute atomic E-state index is 13.0. The van der Waals surface area contributed by atoms with E-state index in [9.17, 15) is 8.78 Å². The Labute approximate surface area is 95.7 Å². The molecule has 1 aromatic carbocycles. The SMILES string of the molecule is CC(C)C(C)C(N)Cc1ccc(F)c(F)c1. The highest BCUT2D eigenvalue weighted by Crippen LogP contribution is 2.17. The standard InChI is InChI=1S/C13H19F2N/c1-8(2)9(3)13(16)7-10-4-5-11(14)12(15)6-10/h4-6,8-9,13H,7,16H2,1-3H3. The van der Waals surface area contributed by atoms with Gasteiger partial charge in [-0.15, -0.1) is 0 Å². The van der Waals surface area contributed by atoms with Crippen LogP contribution in [0, 0.1) is 23.5 Å². The van der Waals surface area contributed by atoms with Crippen LogP contribution in [-0.2, 0) is 6.42 Å². The van der Waals surface area contributed by atoms with Crippen LogP contribution in [0.15, 0.2) is 18.2 Å². The Bertz CT molecular complexity index is 350. The van der Waals surface area contributed by atoms with Crippen LogP contribution >= 0.6 is 0 Å². The zero-order chi connectivity index (χ0) is 12.3. The van der Waals surface area contributed by atoms with E-state index < -0.39 is 11.6 Å². The molecule has 0 radical (unpaired) electrons. The van der Waals surface area contributed by atoms with Gasteiger partial charge < -0.3 is 5.73 Å². The van der Waals surface area contributed by atoms with E-state index in [1.54, 1.807) is 6.07 Å². The highest BCUT2D eigenvalue weighted by Gasteiger charge is 2.17. The molecule has 0 spiro atoms. The molecule has 0 aromatic heterocycles. The number of hydrogen-bond donors (Lipinski definition) is 1. The summed E-state index contributed by atoms with van der Waals surface area (Å²) in [6.07, 6.45) is 0.580. The van der Waals surface area contributed by atoms with Crippen molar-refractivity contribution in [3.8, 4) is 0 Å². The first-order valence-corrected chi connectivity index (χ1v) is 5.61. The summed E-state index contributed by atoms with van der Waals surface area (Å²) in [6, 6.07) is 3.94. The van der Waals surface area contributed by atoms with Gasteiger partial charge in [-0.05, 0) is 36.0 Å². The van der Waals surface area contributed by atoms with Crippen LogP contribution in [0.3, 0.4) is 0 Å². The summed E-state index contributed by atoms with van der Waals surface area (Å²) < 4.78 is 25.7. The zero-order valence-corrected chi connectivity index (χ0v) is 10.0. The average Bonchev–Trinajstić information content (AvgIpc) is 2.22. The summed E-state index contributed by atoms with van der Waals surface area (Å²) in [7, 11) is 0. The first-order valence-electron chi connectivity index (χ1n) is 5.61. The summed E-state index contributed by atoms with van der Waals surface area (Å²) >= 11 is 0. The molecule has 0 aliphatic rings. The molecule has 0 saturated heterocycles. The first-order chi connectivity index (χ1) is 7.41. The second-order valence-corrected chi connectivity index (χ2v) is 4.72. The molecular formula is C13H19F2N. The third-order valence-corrected chi connectivity index (χ3v) is 3.18. The van der Waals surface area contributed by atoms with Gasteiger partial charge in [0.1, 0.15) is 0 Å². The van der Waals surface area contributed by atoms with Crippen molar-refractivity contribution in [1.82, 2.24) is 0 Å². The first kappa shape index (κ1) is 13.1. The van der Waals surface area contributed by atoms with Crippen molar-refractivity contribution < 1.29 is 8.78 Å². The van der Waals surface area contributed by atoms with Gasteiger partial charge in [0.05, 0.1) is 0 Å². The Hall–Kier alpha value is -0.960. The molecule has 0 saturated carbocycles. The van der Waals surface area contributed by atoms with Crippen LogP contribution in [0.2, 0.25) is 0 Å². The minimum atomic E-state index is -0.811. The van der Waals surface area contributed by atoms with Crippen molar-refractivity contribution in [2.45, 2.75) is 33.2 Å². The maximum atomic E-state index is 13.0. The van der Waals surface area contributed by atoms with Gasteiger partial charge in [0, 0.05) is 6.04 Å². The Morgan fingerprint density at radius 3 is 2.25 bits per heavy atom. The smallest absolute Gasteiger partial charge is 0.159 e. The summed E-state index contributed by atoms with van der Waals surface area (Å²) in [5.74, 6) is -0.774. The van der Waals surface area contributed by atoms with E-state index in [0.717, 1.165) is 11.6 Å². The molecule has 0 aliphatic carbocycles. The quantitative estimate of drug-likeness (QED) is 0.840. The van der Waals surface area contributed by atoms with E-state index in [0.29, 0.717) is 18.3 Å². The lowest BCUT2D eigenvalue weighted by Crippen LogP contribution is -2.33. The predicted octanol–water partition coefficient (Wildman–Crippen LogP) is 3.13. The predicted molar refractivity (Wildman–Crippen MR) is 62.0 cm³/mol. The molecule has 16 heavy (non-hydrogen) atoms. The lowest BCUT2D eigenvalue weighted by atomic mass is 9.87. The van der Waals surface area contributed by atoms with E-state index in [1.807, 2.05) is 0 Å². The largest absolute Gasteiger partial charge is 0.327 e. The molecule has 2 unspecified atom stereocenters. The van der Waals surface area contributed by atoms with Crippen molar-refractivity contribution in [2.24, 2.45) is 17.6 Å². The Morgan fingerprint density at radius 1 is 1.12 bits per heavy atom. The summed E-state index contributed by atoms with van der Waals surface area (Å²) in [6.45, 7) is 6.29. The molecule has 0 amide bonds. The van der Waals surface area contributed by atoms with Gasteiger partial charge in [0.15, 0.2) is 11.6 Å². The number of hydrogen-bond acceptors (Lipinski definition) is 1. The Morgan fingerprint density at radius 2 is 1.75 bits per heavy atom. The fourth-order valence-electron chi connectivity index (χ4n) is 1.62. The molecule has 0 heterocycles. The third-order valence-electron chi connectivity index (χ3n) is 3.18. The Balaban J connectivity index is 2.69.